The van der Waals surface area contributed by atoms with Gasteiger partial charge in [0.15, 0.2) is 5.82 Å². The number of H-pyrrole nitrogens is 1. The summed E-state index contributed by atoms with van der Waals surface area (Å²) in [5.74, 6) is 1.54. The van der Waals surface area contributed by atoms with Crippen LogP contribution in [0.4, 0.5) is 0 Å². The zero-order valence-corrected chi connectivity index (χ0v) is 20.9. The number of furan rings is 1. The van der Waals surface area contributed by atoms with Crippen molar-refractivity contribution in [3.63, 3.8) is 0 Å². The van der Waals surface area contributed by atoms with E-state index in [4.69, 9.17) is 4.42 Å². The summed E-state index contributed by atoms with van der Waals surface area (Å²) in [4.78, 5) is 19.8. The van der Waals surface area contributed by atoms with Gasteiger partial charge in [0, 0.05) is 23.5 Å². The summed E-state index contributed by atoms with van der Waals surface area (Å²) in [6.45, 7) is 7.84. The highest BCUT2D eigenvalue weighted by atomic mass is 32.1. The molecule has 0 amide bonds. The normalized spacial score (nSPS) is 12.6. The van der Waals surface area contributed by atoms with Gasteiger partial charge in [-0.2, -0.15) is 0 Å². The number of hydrogen-bond donors (Lipinski definition) is 1. The lowest BCUT2D eigenvalue weighted by molar-refractivity contribution is 0.162. The second-order valence-corrected chi connectivity index (χ2v) is 9.81. The van der Waals surface area contributed by atoms with Gasteiger partial charge >= 0.3 is 0 Å². The van der Waals surface area contributed by atoms with Crippen LogP contribution in [0.15, 0.2) is 63.3 Å². The van der Waals surface area contributed by atoms with Gasteiger partial charge in [0.25, 0.3) is 5.56 Å². The van der Waals surface area contributed by atoms with Gasteiger partial charge in [-0.25, -0.2) is 4.68 Å². The number of aromatic nitrogens is 5. The van der Waals surface area contributed by atoms with E-state index in [1.54, 1.807) is 22.3 Å². The van der Waals surface area contributed by atoms with Crippen LogP contribution in [0.1, 0.15) is 52.5 Å². The maximum atomic E-state index is 13.2. The number of thiophene rings is 1. The van der Waals surface area contributed by atoms with Crippen molar-refractivity contribution in [1.82, 2.24) is 30.1 Å². The first-order valence-corrected chi connectivity index (χ1v) is 12.6. The number of aryl methyl sites for hydroxylation is 2. The van der Waals surface area contributed by atoms with Gasteiger partial charge in [0.1, 0.15) is 12.3 Å². The molecule has 9 heteroatoms. The Balaban J connectivity index is 1.52. The topological polar surface area (TPSA) is 92.8 Å². The van der Waals surface area contributed by atoms with Crippen LogP contribution in [0.3, 0.4) is 0 Å². The van der Waals surface area contributed by atoms with Gasteiger partial charge in [-0.3, -0.25) is 9.69 Å². The quantitative estimate of drug-likeness (QED) is 0.314. The van der Waals surface area contributed by atoms with Crippen LogP contribution in [0, 0.1) is 13.8 Å². The highest BCUT2D eigenvalue weighted by Gasteiger charge is 2.26. The summed E-state index contributed by atoms with van der Waals surface area (Å²) in [5.41, 5.74) is 3.83. The lowest BCUT2D eigenvalue weighted by Gasteiger charge is -2.29. The molecule has 0 aliphatic carbocycles. The first-order valence-electron chi connectivity index (χ1n) is 11.7. The van der Waals surface area contributed by atoms with Crippen molar-refractivity contribution in [2.75, 3.05) is 0 Å². The van der Waals surface area contributed by atoms with E-state index >= 15 is 0 Å². The van der Waals surface area contributed by atoms with Gasteiger partial charge in [-0.1, -0.05) is 25.1 Å². The first kappa shape index (κ1) is 23.2. The fourth-order valence-electron chi connectivity index (χ4n) is 4.50. The summed E-state index contributed by atoms with van der Waals surface area (Å²) >= 11 is 1.70. The Bertz CT molecular complexity index is 1470. The lowest BCUT2D eigenvalue weighted by atomic mass is 10.0. The molecule has 0 saturated carbocycles. The van der Waals surface area contributed by atoms with Crippen LogP contribution in [-0.4, -0.2) is 30.1 Å². The van der Waals surface area contributed by atoms with E-state index in [1.165, 1.54) is 4.88 Å². The molecule has 0 spiro atoms. The van der Waals surface area contributed by atoms with Gasteiger partial charge in [-0.15, -0.1) is 16.4 Å². The van der Waals surface area contributed by atoms with Crippen LogP contribution >= 0.6 is 11.3 Å². The zero-order valence-electron chi connectivity index (χ0n) is 20.1. The average Bonchev–Trinajstić information content (AvgIpc) is 3.63. The fourth-order valence-corrected chi connectivity index (χ4v) is 5.23. The molecule has 35 heavy (non-hydrogen) atoms. The zero-order chi connectivity index (χ0) is 24.4. The van der Waals surface area contributed by atoms with Crippen LogP contribution in [-0.2, 0) is 19.6 Å². The van der Waals surface area contributed by atoms with Gasteiger partial charge in [-0.05, 0) is 76.9 Å². The number of tetrazole rings is 1. The molecule has 1 atom stereocenters. The number of fused-ring (bicyclic) bond motifs is 1. The molecular weight excluding hydrogens is 460 g/mol. The standard InChI is InChI=1S/C26H28N6O2S/c1-4-23(25-28-29-30-32(25)15-21-7-5-11-34-21)31(16-22-8-6-12-35-22)14-20-13-19-10-9-17(2)18(3)24(19)27-26(20)33/h5-13,23H,4,14-16H2,1-3H3,(H,27,33)/t23-/m0/s1. The summed E-state index contributed by atoms with van der Waals surface area (Å²) in [5, 5.41) is 15.7. The predicted molar refractivity (Wildman–Crippen MR) is 136 cm³/mol. The maximum absolute atomic E-state index is 13.2. The molecule has 4 aromatic heterocycles. The SMILES string of the molecule is CC[C@@H](c1nnnn1Cc1ccco1)N(Cc1cccs1)Cc1cc2ccc(C)c(C)c2[nH]c1=O. The van der Waals surface area contributed by atoms with Gasteiger partial charge in [0.2, 0.25) is 0 Å². The van der Waals surface area contributed by atoms with Crippen molar-refractivity contribution in [2.45, 2.75) is 52.9 Å². The molecule has 1 aromatic carbocycles. The molecule has 5 aromatic rings. The monoisotopic (exact) mass is 488 g/mol. The van der Waals surface area contributed by atoms with Crippen molar-refractivity contribution in [3.8, 4) is 0 Å². The highest BCUT2D eigenvalue weighted by Crippen LogP contribution is 2.28. The third-order valence-electron chi connectivity index (χ3n) is 6.51. The number of nitrogens with one attached hydrogen (secondary N) is 1. The summed E-state index contributed by atoms with van der Waals surface area (Å²) in [7, 11) is 0. The lowest BCUT2D eigenvalue weighted by Crippen LogP contribution is -2.32. The second kappa shape index (κ2) is 9.97. The Hall–Kier alpha value is -3.56. The van der Waals surface area contributed by atoms with Gasteiger partial charge < -0.3 is 9.40 Å². The highest BCUT2D eigenvalue weighted by molar-refractivity contribution is 7.09. The largest absolute Gasteiger partial charge is 0.467 e. The average molecular weight is 489 g/mol. The molecule has 5 rings (SSSR count). The number of pyridine rings is 1. The second-order valence-electron chi connectivity index (χ2n) is 8.78. The molecule has 1 N–H and O–H groups in total. The van der Waals surface area contributed by atoms with E-state index in [0.29, 0.717) is 19.6 Å². The van der Waals surface area contributed by atoms with Crippen LogP contribution in [0.25, 0.3) is 10.9 Å². The van der Waals surface area contributed by atoms with Crippen molar-refractivity contribution in [1.29, 1.82) is 0 Å². The van der Waals surface area contributed by atoms with Crippen LogP contribution in [0.5, 0.6) is 0 Å². The molecule has 0 aliphatic rings. The van der Waals surface area contributed by atoms with E-state index in [-0.39, 0.29) is 11.6 Å². The Kier molecular flexibility index (Phi) is 6.61. The first-order chi connectivity index (χ1) is 17.0. The molecule has 180 valence electrons. The Morgan fingerprint density at radius 2 is 2.06 bits per heavy atom. The fraction of sp³-hybridized carbons (Fsp3) is 0.308. The minimum atomic E-state index is -0.0862. The van der Waals surface area contributed by atoms with E-state index in [9.17, 15) is 4.79 Å². The van der Waals surface area contributed by atoms with Crippen molar-refractivity contribution >= 4 is 22.2 Å². The summed E-state index contributed by atoms with van der Waals surface area (Å²) in [6.07, 6.45) is 2.43. The van der Waals surface area contributed by atoms with E-state index < -0.39 is 0 Å². The molecule has 8 nitrogen and oxygen atoms in total. The van der Waals surface area contributed by atoms with E-state index in [1.807, 2.05) is 31.2 Å². The molecule has 0 unspecified atom stereocenters. The van der Waals surface area contributed by atoms with E-state index in [2.05, 4.69) is 62.8 Å². The molecule has 0 radical (unpaired) electrons. The molecular formula is C26H28N6O2S. The minimum Gasteiger partial charge on any atom is -0.467 e. The van der Waals surface area contributed by atoms with Crippen molar-refractivity contribution < 1.29 is 4.42 Å². The third kappa shape index (κ3) is 4.82. The molecule has 0 fully saturated rings. The maximum Gasteiger partial charge on any atom is 0.252 e. The number of nitrogens with zero attached hydrogens (tertiary/aromatic N) is 5. The molecule has 0 bridgehead atoms. The third-order valence-corrected chi connectivity index (χ3v) is 7.37. The van der Waals surface area contributed by atoms with Gasteiger partial charge in [0.05, 0.1) is 17.8 Å². The van der Waals surface area contributed by atoms with Crippen molar-refractivity contribution in [3.05, 3.63) is 97.6 Å². The number of aromatic amines is 1. The van der Waals surface area contributed by atoms with Crippen LogP contribution < -0.4 is 5.56 Å². The minimum absolute atomic E-state index is 0.0626. The van der Waals surface area contributed by atoms with Crippen molar-refractivity contribution in [2.24, 2.45) is 0 Å². The molecule has 4 heterocycles. The predicted octanol–water partition coefficient (Wildman–Crippen LogP) is 4.99. The summed E-state index contributed by atoms with van der Waals surface area (Å²) < 4.78 is 7.30. The Labute approximate surface area is 207 Å². The molecule has 0 aliphatic heterocycles. The number of rotatable bonds is 9. The summed E-state index contributed by atoms with van der Waals surface area (Å²) in [6, 6.07) is 14.0. The number of benzene rings is 1. The number of hydrogen-bond acceptors (Lipinski definition) is 7. The molecule has 0 saturated heterocycles. The Morgan fingerprint density at radius 3 is 2.80 bits per heavy atom. The smallest absolute Gasteiger partial charge is 0.252 e. The Morgan fingerprint density at radius 1 is 1.17 bits per heavy atom. The van der Waals surface area contributed by atoms with Crippen LogP contribution in [0.2, 0.25) is 0 Å². The van der Waals surface area contributed by atoms with E-state index in [0.717, 1.165) is 45.6 Å².